The Balaban J connectivity index is 2.02. The van der Waals surface area contributed by atoms with Crippen LogP contribution in [0.4, 0.5) is 10.5 Å². The van der Waals surface area contributed by atoms with Gasteiger partial charge in [-0.3, -0.25) is 4.79 Å². The normalized spacial score (nSPS) is 18.6. The largest absolute Gasteiger partial charge is 0.369 e. The first-order valence-electron chi connectivity index (χ1n) is 6.46. The summed E-state index contributed by atoms with van der Waals surface area (Å²) in [6.45, 7) is 1.03. The van der Waals surface area contributed by atoms with Crippen LogP contribution in [0, 0.1) is 5.92 Å². The van der Waals surface area contributed by atoms with E-state index in [0.29, 0.717) is 18.8 Å². The van der Waals surface area contributed by atoms with E-state index in [1.54, 1.807) is 17.2 Å². The fourth-order valence-electron chi connectivity index (χ4n) is 2.24. The Kier molecular flexibility index (Phi) is 4.84. The first-order chi connectivity index (χ1) is 9.61. The molecule has 2 heterocycles. The van der Waals surface area contributed by atoms with E-state index in [0.717, 1.165) is 17.9 Å². The third kappa shape index (κ3) is 3.41. The molecule has 7 heteroatoms. The van der Waals surface area contributed by atoms with Crippen LogP contribution >= 0.6 is 11.8 Å². The predicted octanol–water partition coefficient (Wildman–Crippen LogP) is 1.53. The second kappa shape index (κ2) is 6.60. The minimum Gasteiger partial charge on any atom is -0.369 e. The van der Waals surface area contributed by atoms with Gasteiger partial charge in [0.2, 0.25) is 5.91 Å². The molecule has 2 rings (SSSR count). The first-order valence-corrected chi connectivity index (χ1v) is 7.68. The SMILES string of the molecule is CSc1ncccc1NC(=O)N1CCC[C@H](C(N)=O)C1. The van der Waals surface area contributed by atoms with Crippen molar-refractivity contribution in [2.24, 2.45) is 11.7 Å². The molecule has 3 N–H and O–H groups in total. The van der Waals surface area contributed by atoms with E-state index in [2.05, 4.69) is 10.3 Å². The number of nitrogens with two attached hydrogens (primary N) is 1. The molecule has 1 fully saturated rings. The number of hydrogen-bond acceptors (Lipinski definition) is 4. The number of thioether (sulfide) groups is 1. The molecule has 20 heavy (non-hydrogen) atoms. The van der Waals surface area contributed by atoms with Crippen LogP contribution in [0.5, 0.6) is 0 Å². The molecule has 0 bridgehead atoms. The standard InChI is InChI=1S/C13H18N4O2S/c1-20-12-10(5-2-6-15-12)16-13(19)17-7-3-4-9(8-17)11(14)18/h2,5-6,9H,3-4,7-8H2,1H3,(H2,14,18)(H,16,19)/t9-/m0/s1. The van der Waals surface area contributed by atoms with Crippen LogP contribution in [0.2, 0.25) is 0 Å². The van der Waals surface area contributed by atoms with Gasteiger partial charge in [0, 0.05) is 19.3 Å². The summed E-state index contributed by atoms with van der Waals surface area (Å²) in [5.74, 6) is -0.586. The van der Waals surface area contributed by atoms with Crippen LogP contribution in [-0.4, -0.2) is 41.2 Å². The van der Waals surface area contributed by atoms with Crippen molar-refractivity contribution in [2.45, 2.75) is 17.9 Å². The van der Waals surface area contributed by atoms with E-state index in [4.69, 9.17) is 5.73 Å². The van der Waals surface area contributed by atoms with E-state index in [1.807, 2.05) is 12.3 Å². The summed E-state index contributed by atoms with van der Waals surface area (Å²) in [6.07, 6.45) is 5.14. The Morgan fingerprint density at radius 3 is 3.05 bits per heavy atom. The maximum absolute atomic E-state index is 12.2. The van der Waals surface area contributed by atoms with Gasteiger partial charge in [-0.1, -0.05) is 0 Å². The van der Waals surface area contributed by atoms with Crippen LogP contribution < -0.4 is 11.1 Å². The average Bonchev–Trinajstić information content (AvgIpc) is 2.48. The number of anilines is 1. The summed E-state index contributed by atoms with van der Waals surface area (Å²) in [7, 11) is 0. The van der Waals surface area contributed by atoms with Gasteiger partial charge in [0.15, 0.2) is 0 Å². The Morgan fingerprint density at radius 1 is 1.55 bits per heavy atom. The lowest BCUT2D eigenvalue weighted by molar-refractivity contribution is -0.123. The number of hydrogen-bond donors (Lipinski definition) is 2. The number of likely N-dealkylation sites (tertiary alicyclic amines) is 1. The molecule has 1 aromatic rings. The minimum absolute atomic E-state index is 0.209. The van der Waals surface area contributed by atoms with E-state index < -0.39 is 0 Å². The minimum atomic E-state index is -0.339. The second-order valence-electron chi connectivity index (χ2n) is 4.68. The van der Waals surface area contributed by atoms with Crippen molar-refractivity contribution >= 4 is 29.4 Å². The Labute approximate surface area is 122 Å². The van der Waals surface area contributed by atoms with E-state index in [1.165, 1.54) is 11.8 Å². The maximum atomic E-state index is 12.2. The van der Waals surface area contributed by atoms with Crippen molar-refractivity contribution in [2.75, 3.05) is 24.7 Å². The average molecular weight is 294 g/mol. The van der Waals surface area contributed by atoms with Crippen molar-refractivity contribution < 1.29 is 9.59 Å². The molecule has 0 aliphatic carbocycles. The number of carbonyl (C=O) groups excluding carboxylic acids is 2. The van der Waals surface area contributed by atoms with E-state index >= 15 is 0 Å². The molecule has 0 saturated carbocycles. The summed E-state index contributed by atoms with van der Waals surface area (Å²) < 4.78 is 0. The van der Waals surface area contributed by atoms with Gasteiger partial charge in [0.05, 0.1) is 11.6 Å². The highest BCUT2D eigenvalue weighted by Gasteiger charge is 2.27. The van der Waals surface area contributed by atoms with Gasteiger partial charge < -0.3 is 16.0 Å². The number of nitrogens with one attached hydrogen (secondary N) is 1. The summed E-state index contributed by atoms with van der Waals surface area (Å²) in [6, 6.07) is 3.38. The number of carbonyl (C=O) groups is 2. The van der Waals surface area contributed by atoms with Crippen LogP contribution in [0.3, 0.4) is 0 Å². The Hall–Kier alpha value is -1.76. The molecule has 0 aromatic carbocycles. The number of nitrogens with zero attached hydrogens (tertiary/aromatic N) is 2. The van der Waals surface area contributed by atoms with Gasteiger partial charge in [-0.15, -0.1) is 11.8 Å². The van der Waals surface area contributed by atoms with E-state index in [-0.39, 0.29) is 17.9 Å². The zero-order valence-electron chi connectivity index (χ0n) is 11.3. The number of rotatable bonds is 3. The van der Waals surface area contributed by atoms with Gasteiger partial charge in [-0.2, -0.15) is 0 Å². The summed E-state index contributed by atoms with van der Waals surface area (Å²) in [4.78, 5) is 29.3. The fraction of sp³-hybridized carbons (Fsp3) is 0.462. The third-order valence-corrected chi connectivity index (χ3v) is 4.03. The zero-order valence-corrected chi connectivity index (χ0v) is 12.2. The number of amides is 3. The Bertz CT molecular complexity index is 509. The molecule has 6 nitrogen and oxygen atoms in total. The van der Waals surface area contributed by atoms with Crippen molar-refractivity contribution in [1.29, 1.82) is 0 Å². The summed E-state index contributed by atoms with van der Waals surface area (Å²) in [5.41, 5.74) is 6.00. The lowest BCUT2D eigenvalue weighted by Gasteiger charge is -2.31. The molecular weight excluding hydrogens is 276 g/mol. The molecule has 0 unspecified atom stereocenters. The molecule has 3 amide bonds. The number of pyridine rings is 1. The molecular formula is C13H18N4O2S. The highest BCUT2D eigenvalue weighted by atomic mass is 32.2. The lowest BCUT2D eigenvalue weighted by Crippen LogP contribution is -2.45. The van der Waals surface area contributed by atoms with Crippen LogP contribution in [-0.2, 0) is 4.79 Å². The highest BCUT2D eigenvalue weighted by Crippen LogP contribution is 2.23. The fourth-order valence-corrected chi connectivity index (χ4v) is 2.74. The molecule has 1 aliphatic rings. The molecule has 1 aromatic heterocycles. The maximum Gasteiger partial charge on any atom is 0.321 e. The number of urea groups is 1. The smallest absolute Gasteiger partial charge is 0.321 e. The molecule has 0 radical (unpaired) electrons. The molecule has 1 atom stereocenters. The van der Waals surface area contributed by atoms with Gasteiger partial charge in [0.1, 0.15) is 5.03 Å². The molecule has 1 aliphatic heterocycles. The predicted molar refractivity (Wildman–Crippen MR) is 78.5 cm³/mol. The van der Waals surface area contributed by atoms with E-state index in [9.17, 15) is 9.59 Å². The van der Waals surface area contributed by atoms with Crippen LogP contribution in [0.1, 0.15) is 12.8 Å². The second-order valence-corrected chi connectivity index (χ2v) is 5.47. The van der Waals surface area contributed by atoms with Gasteiger partial charge in [0.25, 0.3) is 0 Å². The quantitative estimate of drug-likeness (QED) is 0.828. The molecule has 0 spiro atoms. The number of primary amides is 1. The van der Waals surface area contributed by atoms with Gasteiger partial charge in [-0.05, 0) is 31.2 Å². The van der Waals surface area contributed by atoms with Gasteiger partial charge >= 0.3 is 6.03 Å². The van der Waals surface area contributed by atoms with Crippen molar-refractivity contribution in [3.63, 3.8) is 0 Å². The lowest BCUT2D eigenvalue weighted by atomic mass is 9.98. The monoisotopic (exact) mass is 294 g/mol. The summed E-state index contributed by atoms with van der Waals surface area (Å²) >= 11 is 1.47. The Morgan fingerprint density at radius 2 is 2.35 bits per heavy atom. The van der Waals surface area contributed by atoms with Gasteiger partial charge in [-0.25, -0.2) is 9.78 Å². The molecule has 1 saturated heterocycles. The van der Waals surface area contributed by atoms with Crippen molar-refractivity contribution in [3.8, 4) is 0 Å². The number of aromatic nitrogens is 1. The van der Waals surface area contributed by atoms with Crippen molar-refractivity contribution in [3.05, 3.63) is 18.3 Å². The summed E-state index contributed by atoms with van der Waals surface area (Å²) in [5, 5.41) is 3.61. The first kappa shape index (κ1) is 14.6. The number of piperidine rings is 1. The zero-order chi connectivity index (χ0) is 14.5. The molecule has 108 valence electrons. The topological polar surface area (TPSA) is 88.3 Å². The highest BCUT2D eigenvalue weighted by molar-refractivity contribution is 7.98. The third-order valence-electron chi connectivity index (χ3n) is 3.32. The van der Waals surface area contributed by atoms with Crippen LogP contribution in [0.15, 0.2) is 23.4 Å². The van der Waals surface area contributed by atoms with Crippen molar-refractivity contribution in [1.82, 2.24) is 9.88 Å². The van der Waals surface area contributed by atoms with Crippen LogP contribution in [0.25, 0.3) is 0 Å².